The largest absolute Gasteiger partial charge is 0.496 e. The van der Waals surface area contributed by atoms with Gasteiger partial charge in [-0.3, -0.25) is 0 Å². The Morgan fingerprint density at radius 3 is 3.00 bits per heavy atom. The van der Waals surface area contributed by atoms with Gasteiger partial charge in [-0.25, -0.2) is 0 Å². The molecule has 1 aromatic carbocycles. The zero-order chi connectivity index (χ0) is 14.9. The molecular formula is C17H24O3S. The Morgan fingerprint density at radius 1 is 1.48 bits per heavy atom. The Kier molecular flexibility index (Phi) is 4.48. The van der Waals surface area contributed by atoms with E-state index in [1.165, 1.54) is 5.75 Å². The summed E-state index contributed by atoms with van der Waals surface area (Å²) in [7, 11) is 1.68. The molecule has 2 heterocycles. The second-order valence-electron chi connectivity index (χ2n) is 6.26. The van der Waals surface area contributed by atoms with E-state index in [1.54, 1.807) is 7.11 Å². The first kappa shape index (κ1) is 15.2. The van der Waals surface area contributed by atoms with E-state index >= 15 is 0 Å². The molecule has 0 aromatic heterocycles. The van der Waals surface area contributed by atoms with Crippen LogP contribution in [0.2, 0.25) is 0 Å². The van der Waals surface area contributed by atoms with Crippen LogP contribution < -0.4 is 4.74 Å². The zero-order valence-electron chi connectivity index (χ0n) is 12.8. The van der Waals surface area contributed by atoms with Crippen LogP contribution in [0.1, 0.15) is 36.5 Å². The molecule has 2 aliphatic rings. The maximum atomic E-state index is 10.8. The van der Waals surface area contributed by atoms with E-state index in [9.17, 15) is 5.11 Å². The molecule has 0 aliphatic carbocycles. The number of thioether (sulfide) groups is 1. The zero-order valence-corrected chi connectivity index (χ0v) is 13.6. The molecule has 1 N–H and O–H groups in total. The lowest BCUT2D eigenvalue weighted by molar-refractivity contribution is -0.102. The summed E-state index contributed by atoms with van der Waals surface area (Å²) in [6, 6.07) is 5.99. The number of benzene rings is 1. The van der Waals surface area contributed by atoms with Gasteiger partial charge in [0.1, 0.15) is 5.75 Å². The summed E-state index contributed by atoms with van der Waals surface area (Å²) in [5.41, 5.74) is 2.10. The summed E-state index contributed by atoms with van der Waals surface area (Å²) < 4.78 is 11.3. The van der Waals surface area contributed by atoms with Gasteiger partial charge in [0.25, 0.3) is 0 Å². The molecule has 3 nitrogen and oxygen atoms in total. The van der Waals surface area contributed by atoms with E-state index in [0.29, 0.717) is 5.92 Å². The number of aliphatic hydroxyl groups excluding tert-OH is 1. The van der Waals surface area contributed by atoms with Gasteiger partial charge in [-0.15, -0.1) is 0 Å². The highest BCUT2D eigenvalue weighted by Crippen LogP contribution is 2.44. The van der Waals surface area contributed by atoms with Gasteiger partial charge in [0.2, 0.25) is 0 Å². The Labute approximate surface area is 131 Å². The molecule has 2 fully saturated rings. The number of hydrogen-bond donors (Lipinski definition) is 1. The fraction of sp³-hybridized carbons (Fsp3) is 0.647. The van der Waals surface area contributed by atoms with E-state index in [0.717, 1.165) is 48.5 Å². The molecule has 4 heteroatoms. The van der Waals surface area contributed by atoms with Gasteiger partial charge >= 0.3 is 0 Å². The van der Waals surface area contributed by atoms with Crippen LogP contribution in [0.4, 0.5) is 0 Å². The highest BCUT2D eigenvalue weighted by Gasteiger charge is 2.42. The van der Waals surface area contributed by atoms with Crippen molar-refractivity contribution in [3.63, 3.8) is 0 Å². The minimum Gasteiger partial charge on any atom is -0.496 e. The first-order valence-corrected chi connectivity index (χ1v) is 8.83. The Balaban J connectivity index is 1.75. The van der Waals surface area contributed by atoms with Gasteiger partial charge in [-0.2, -0.15) is 11.8 Å². The van der Waals surface area contributed by atoms with E-state index in [4.69, 9.17) is 9.47 Å². The third-order valence-corrected chi connectivity index (χ3v) is 6.03. The molecule has 0 bridgehead atoms. The van der Waals surface area contributed by atoms with Gasteiger partial charge in [0, 0.05) is 12.4 Å². The molecule has 2 aliphatic heterocycles. The van der Waals surface area contributed by atoms with Gasteiger partial charge in [-0.05, 0) is 61.1 Å². The standard InChI is InChI=1S/C17H24O3S/c1-12-9-13(3-4-15(12)19-2)16(18)14-5-7-20-17(10-14)6-8-21-11-17/h3-4,9,14,16,18H,5-8,10-11H2,1-2H3. The quantitative estimate of drug-likeness (QED) is 0.929. The monoisotopic (exact) mass is 308 g/mol. The molecule has 2 saturated heterocycles. The first-order valence-electron chi connectivity index (χ1n) is 7.68. The molecule has 1 spiro atoms. The number of methoxy groups -OCH3 is 1. The van der Waals surface area contributed by atoms with Crippen LogP contribution in [-0.2, 0) is 4.74 Å². The summed E-state index contributed by atoms with van der Waals surface area (Å²) in [5.74, 6) is 3.44. The van der Waals surface area contributed by atoms with Crippen LogP contribution in [0.25, 0.3) is 0 Å². The number of rotatable bonds is 3. The second kappa shape index (κ2) is 6.19. The summed E-state index contributed by atoms with van der Waals surface area (Å²) in [6.45, 7) is 2.80. The highest BCUT2D eigenvalue weighted by molar-refractivity contribution is 7.99. The lowest BCUT2D eigenvalue weighted by Gasteiger charge is -2.39. The smallest absolute Gasteiger partial charge is 0.121 e. The van der Waals surface area contributed by atoms with Gasteiger partial charge < -0.3 is 14.6 Å². The molecule has 0 amide bonds. The van der Waals surface area contributed by atoms with Gasteiger partial charge in [0.15, 0.2) is 0 Å². The van der Waals surface area contributed by atoms with Crippen molar-refractivity contribution in [3.8, 4) is 5.75 Å². The average molecular weight is 308 g/mol. The fourth-order valence-corrected chi connectivity index (χ4v) is 4.93. The van der Waals surface area contributed by atoms with Crippen LogP contribution in [0.3, 0.4) is 0 Å². The predicted molar refractivity (Wildman–Crippen MR) is 86.0 cm³/mol. The molecule has 3 unspecified atom stereocenters. The molecule has 21 heavy (non-hydrogen) atoms. The number of aryl methyl sites for hydroxylation is 1. The van der Waals surface area contributed by atoms with Crippen LogP contribution in [-0.4, -0.2) is 35.9 Å². The van der Waals surface area contributed by atoms with Gasteiger partial charge in [-0.1, -0.05) is 6.07 Å². The fourth-order valence-electron chi connectivity index (χ4n) is 3.56. The van der Waals surface area contributed by atoms with Crippen LogP contribution in [0.15, 0.2) is 18.2 Å². The number of aliphatic hydroxyl groups is 1. The van der Waals surface area contributed by atoms with E-state index in [-0.39, 0.29) is 5.60 Å². The summed E-state index contributed by atoms with van der Waals surface area (Å²) >= 11 is 1.97. The molecule has 3 rings (SSSR count). The van der Waals surface area contributed by atoms with Crippen LogP contribution in [0, 0.1) is 12.8 Å². The molecular weight excluding hydrogens is 284 g/mol. The second-order valence-corrected chi connectivity index (χ2v) is 7.37. The lowest BCUT2D eigenvalue weighted by Crippen LogP contribution is -2.41. The Bertz CT molecular complexity index is 497. The number of ether oxygens (including phenoxy) is 2. The van der Waals surface area contributed by atoms with Crippen molar-refractivity contribution in [1.29, 1.82) is 0 Å². The normalized spacial score (nSPS) is 30.5. The molecule has 116 valence electrons. The van der Waals surface area contributed by atoms with E-state index < -0.39 is 6.10 Å². The van der Waals surface area contributed by atoms with Crippen LogP contribution in [0.5, 0.6) is 5.75 Å². The van der Waals surface area contributed by atoms with Crippen LogP contribution >= 0.6 is 11.8 Å². The number of hydrogen-bond acceptors (Lipinski definition) is 4. The maximum absolute atomic E-state index is 10.8. The third kappa shape index (κ3) is 3.08. The van der Waals surface area contributed by atoms with Crippen molar-refractivity contribution < 1.29 is 14.6 Å². The van der Waals surface area contributed by atoms with E-state index in [1.807, 2.05) is 30.8 Å². The summed E-state index contributed by atoms with van der Waals surface area (Å²) in [6.07, 6.45) is 2.65. The third-order valence-electron chi connectivity index (χ3n) is 4.81. The average Bonchev–Trinajstić information content (AvgIpc) is 2.94. The van der Waals surface area contributed by atoms with Gasteiger partial charge in [0.05, 0.1) is 18.8 Å². The molecule has 0 saturated carbocycles. The lowest BCUT2D eigenvalue weighted by atomic mass is 9.80. The first-order chi connectivity index (χ1) is 10.1. The molecule has 3 atom stereocenters. The van der Waals surface area contributed by atoms with Crippen molar-refractivity contribution in [2.45, 2.75) is 37.9 Å². The Morgan fingerprint density at radius 2 is 2.33 bits per heavy atom. The minimum atomic E-state index is -0.402. The maximum Gasteiger partial charge on any atom is 0.121 e. The minimum absolute atomic E-state index is 0.0239. The van der Waals surface area contributed by atoms with Crippen molar-refractivity contribution >= 4 is 11.8 Å². The molecule has 1 aromatic rings. The van der Waals surface area contributed by atoms with Crippen molar-refractivity contribution in [3.05, 3.63) is 29.3 Å². The topological polar surface area (TPSA) is 38.7 Å². The van der Waals surface area contributed by atoms with E-state index in [2.05, 4.69) is 6.07 Å². The SMILES string of the molecule is COc1ccc(C(O)C2CCOC3(CCSC3)C2)cc1C. The van der Waals surface area contributed by atoms with Crippen molar-refractivity contribution in [2.75, 3.05) is 25.2 Å². The summed E-state index contributed by atoms with van der Waals surface area (Å²) in [5, 5.41) is 10.8. The van der Waals surface area contributed by atoms with Crippen molar-refractivity contribution in [2.24, 2.45) is 5.92 Å². The van der Waals surface area contributed by atoms with Crippen molar-refractivity contribution in [1.82, 2.24) is 0 Å². The molecule has 0 radical (unpaired) electrons. The Hall–Kier alpha value is -0.710. The predicted octanol–water partition coefficient (Wildman–Crippen LogP) is 3.34. The highest BCUT2D eigenvalue weighted by atomic mass is 32.2. The summed E-state index contributed by atoms with van der Waals surface area (Å²) in [4.78, 5) is 0.